The van der Waals surface area contributed by atoms with Gasteiger partial charge in [0.05, 0.1) is 25.5 Å². The van der Waals surface area contributed by atoms with Crippen molar-refractivity contribution in [3.8, 4) is 17.3 Å². The van der Waals surface area contributed by atoms with E-state index in [9.17, 15) is 0 Å². The molecule has 0 atom stereocenters. The van der Waals surface area contributed by atoms with Gasteiger partial charge in [0.15, 0.2) is 5.82 Å². The van der Waals surface area contributed by atoms with E-state index in [1.807, 2.05) is 36.5 Å². The topological polar surface area (TPSA) is 122 Å². The first-order chi connectivity index (χ1) is 13.2. The summed E-state index contributed by atoms with van der Waals surface area (Å²) in [5.41, 5.74) is 7.44. The zero-order valence-electron chi connectivity index (χ0n) is 14.5. The molecule has 0 aliphatic rings. The molecule has 3 aromatic heterocycles. The minimum absolute atomic E-state index is 0.160. The van der Waals surface area contributed by atoms with Gasteiger partial charge in [0.2, 0.25) is 5.95 Å². The van der Waals surface area contributed by atoms with Gasteiger partial charge in [-0.1, -0.05) is 5.21 Å². The van der Waals surface area contributed by atoms with Crippen LogP contribution in [0.25, 0.3) is 11.5 Å². The summed E-state index contributed by atoms with van der Waals surface area (Å²) in [4.78, 5) is 8.36. The van der Waals surface area contributed by atoms with Crippen molar-refractivity contribution in [3.63, 3.8) is 0 Å². The number of nitrogens with one attached hydrogen (secondary N) is 1. The van der Waals surface area contributed by atoms with Crippen molar-refractivity contribution in [2.45, 2.75) is 6.54 Å². The lowest BCUT2D eigenvalue weighted by Gasteiger charge is -2.07. The molecule has 0 radical (unpaired) electrons. The molecular formula is C17H17N9O. The Labute approximate surface area is 154 Å². The Morgan fingerprint density at radius 3 is 2.74 bits per heavy atom. The van der Waals surface area contributed by atoms with Crippen LogP contribution in [0.15, 0.2) is 55.0 Å². The van der Waals surface area contributed by atoms with Crippen molar-refractivity contribution in [1.29, 1.82) is 0 Å². The van der Waals surface area contributed by atoms with Crippen molar-refractivity contribution >= 4 is 11.8 Å². The number of hydrogen-bond acceptors (Lipinski definition) is 8. The second kappa shape index (κ2) is 7.12. The highest BCUT2D eigenvalue weighted by Gasteiger charge is 2.07. The van der Waals surface area contributed by atoms with Crippen molar-refractivity contribution in [3.05, 3.63) is 60.7 Å². The fraction of sp³-hybridized carbons (Fsp3) is 0.118. The number of anilines is 2. The first-order valence-corrected chi connectivity index (χ1v) is 8.15. The molecule has 27 heavy (non-hydrogen) atoms. The summed E-state index contributed by atoms with van der Waals surface area (Å²) in [6, 6.07) is 11.1. The maximum absolute atomic E-state index is 5.79. The summed E-state index contributed by atoms with van der Waals surface area (Å²) >= 11 is 0. The molecule has 0 saturated heterocycles. The Morgan fingerprint density at radius 2 is 2.00 bits per heavy atom. The summed E-state index contributed by atoms with van der Waals surface area (Å²) in [7, 11) is 1.63. The minimum Gasteiger partial charge on any atom is -0.497 e. The van der Waals surface area contributed by atoms with Crippen LogP contribution in [0.2, 0.25) is 0 Å². The molecule has 0 spiro atoms. The highest BCUT2D eigenvalue weighted by Crippen LogP contribution is 2.15. The van der Waals surface area contributed by atoms with E-state index in [2.05, 4.69) is 30.7 Å². The van der Waals surface area contributed by atoms with Gasteiger partial charge in [-0.25, -0.2) is 9.36 Å². The van der Waals surface area contributed by atoms with Gasteiger partial charge in [0.1, 0.15) is 17.3 Å². The zero-order valence-corrected chi connectivity index (χ0v) is 14.5. The third-order valence-electron chi connectivity index (χ3n) is 3.80. The number of nitrogens with zero attached hydrogens (tertiary/aromatic N) is 7. The van der Waals surface area contributed by atoms with E-state index < -0.39 is 0 Å². The van der Waals surface area contributed by atoms with Gasteiger partial charge in [-0.15, -0.1) is 5.10 Å². The minimum atomic E-state index is 0.160. The second-order valence-corrected chi connectivity index (χ2v) is 5.63. The first kappa shape index (κ1) is 16.5. The Bertz CT molecular complexity index is 1030. The van der Waals surface area contributed by atoms with E-state index in [1.165, 1.54) is 0 Å². The van der Waals surface area contributed by atoms with Crippen LogP contribution in [0.3, 0.4) is 0 Å². The van der Waals surface area contributed by atoms with Crippen LogP contribution >= 0.6 is 0 Å². The van der Waals surface area contributed by atoms with Crippen LogP contribution in [0.5, 0.6) is 5.75 Å². The van der Waals surface area contributed by atoms with Crippen molar-refractivity contribution < 1.29 is 4.74 Å². The smallest absolute Gasteiger partial charge is 0.224 e. The second-order valence-electron chi connectivity index (χ2n) is 5.63. The Hall–Kier alpha value is -3.95. The maximum Gasteiger partial charge on any atom is 0.224 e. The molecule has 1 aromatic carbocycles. The quantitative estimate of drug-likeness (QED) is 0.528. The molecule has 0 saturated carbocycles. The van der Waals surface area contributed by atoms with Crippen molar-refractivity contribution in [2.24, 2.45) is 0 Å². The van der Waals surface area contributed by atoms with Gasteiger partial charge in [-0.3, -0.25) is 0 Å². The van der Waals surface area contributed by atoms with Gasteiger partial charge >= 0.3 is 0 Å². The molecule has 0 aliphatic heterocycles. The van der Waals surface area contributed by atoms with Gasteiger partial charge < -0.3 is 15.8 Å². The number of nitrogen functional groups attached to an aromatic ring is 1. The number of methoxy groups -OCH3 is 1. The predicted molar refractivity (Wildman–Crippen MR) is 98.8 cm³/mol. The molecule has 136 valence electrons. The fourth-order valence-corrected chi connectivity index (χ4v) is 2.49. The third kappa shape index (κ3) is 3.68. The molecule has 3 N–H and O–H groups in total. The summed E-state index contributed by atoms with van der Waals surface area (Å²) in [5.74, 6) is 2.10. The van der Waals surface area contributed by atoms with Crippen molar-refractivity contribution in [1.82, 2.24) is 34.7 Å². The molecule has 4 aromatic rings. The molecule has 3 heterocycles. The first-order valence-electron chi connectivity index (χ1n) is 8.15. The molecule has 0 fully saturated rings. The SMILES string of the molecule is COc1ccc(-n2cc(CNc3cc(-n4cccn4)nc(N)n3)nn2)cc1. The fourth-order valence-electron chi connectivity index (χ4n) is 2.49. The Balaban J connectivity index is 1.47. The lowest BCUT2D eigenvalue weighted by atomic mass is 10.3. The molecule has 0 bridgehead atoms. The molecular weight excluding hydrogens is 346 g/mol. The van der Waals surface area contributed by atoms with Crippen molar-refractivity contribution in [2.75, 3.05) is 18.2 Å². The summed E-state index contributed by atoms with van der Waals surface area (Å²) < 4.78 is 8.47. The third-order valence-corrected chi connectivity index (χ3v) is 3.80. The lowest BCUT2D eigenvalue weighted by Crippen LogP contribution is -2.08. The van der Waals surface area contributed by atoms with Gasteiger partial charge in [-0.2, -0.15) is 15.1 Å². The van der Waals surface area contributed by atoms with Crippen LogP contribution in [-0.2, 0) is 6.54 Å². The van der Waals surface area contributed by atoms with E-state index >= 15 is 0 Å². The van der Waals surface area contributed by atoms with E-state index in [-0.39, 0.29) is 5.95 Å². The van der Waals surface area contributed by atoms with E-state index in [0.717, 1.165) is 17.1 Å². The molecule has 10 nitrogen and oxygen atoms in total. The van der Waals surface area contributed by atoms with Crippen LogP contribution in [-0.4, -0.2) is 41.9 Å². The standard InChI is InChI=1S/C17H17N9O/c1-27-14-5-3-13(4-6-14)26-11-12(23-24-26)10-19-15-9-16(22-17(18)21-15)25-8-2-7-20-25/h2-9,11H,10H2,1H3,(H3,18,19,21,22). The summed E-state index contributed by atoms with van der Waals surface area (Å²) in [6.45, 7) is 0.436. The number of aromatic nitrogens is 7. The normalized spacial score (nSPS) is 10.7. The number of benzene rings is 1. The molecule has 0 amide bonds. The highest BCUT2D eigenvalue weighted by atomic mass is 16.5. The van der Waals surface area contributed by atoms with Gasteiger partial charge in [0.25, 0.3) is 0 Å². The molecule has 4 rings (SSSR count). The van der Waals surface area contributed by atoms with Gasteiger partial charge in [0, 0.05) is 18.5 Å². The van der Waals surface area contributed by atoms with E-state index in [1.54, 1.807) is 34.9 Å². The average molecular weight is 363 g/mol. The number of ether oxygens (including phenoxy) is 1. The van der Waals surface area contributed by atoms with Crippen LogP contribution < -0.4 is 15.8 Å². The average Bonchev–Trinajstić information content (AvgIpc) is 3.38. The monoisotopic (exact) mass is 363 g/mol. The maximum atomic E-state index is 5.79. The van der Waals surface area contributed by atoms with Gasteiger partial charge in [-0.05, 0) is 30.3 Å². The number of rotatable bonds is 6. The molecule has 0 unspecified atom stereocenters. The van der Waals surface area contributed by atoms with E-state index in [0.29, 0.717) is 18.2 Å². The molecule has 10 heteroatoms. The highest BCUT2D eigenvalue weighted by molar-refractivity contribution is 5.45. The van der Waals surface area contributed by atoms with E-state index in [4.69, 9.17) is 10.5 Å². The summed E-state index contributed by atoms with van der Waals surface area (Å²) in [6.07, 6.45) is 5.29. The zero-order chi connectivity index (χ0) is 18.6. The number of nitrogens with two attached hydrogens (primary N) is 1. The predicted octanol–water partition coefficient (Wildman–Crippen LogP) is 1.45. The largest absolute Gasteiger partial charge is 0.497 e. The van der Waals surface area contributed by atoms with Crippen LogP contribution in [0.1, 0.15) is 5.69 Å². The van der Waals surface area contributed by atoms with Crippen LogP contribution in [0.4, 0.5) is 11.8 Å². The summed E-state index contributed by atoms with van der Waals surface area (Å²) in [5, 5.41) is 15.6. The Morgan fingerprint density at radius 1 is 1.15 bits per heavy atom. The lowest BCUT2D eigenvalue weighted by molar-refractivity contribution is 0.414. The number of hydrogen-bond donors (Lipinski definition) is 2. The Kier molecular flexibility index (Phi) is 4.35. The van der Waals surface area contributed by atoms with Crippen LogP contribution in [0, 0.1) is 0 Å². The molecule has 0 aliphatic carbocycles.